The number of aromatic nitrogens is 1. The Bertz CT molecular complexity index is 1450. The first kappa shape index (κ1) is 35.5. The van der Waals surface area contributed by atoms with Gasteiger partial charge in [0, 0.05) is 49.0 Å². The van der Waals surface area contributed by atoms with Crippen LogP contribution in [0.25, 0.3) is 0 Å². The molecular formula is C32H42F3N5O4S. The average Bonchev–Trinajstić information content (AvgIpc) is 3.41. The largest absolute Gasteiger partial charge is 0.495 e. The van der Waals surface area contributed by atoms with Crippen molar-refractivity contribution in [1.29, 1.82) is 0 Å². The Hall–Kier alpha value is -4.00. The fraction of sp³-hybridized carbons (Fsp3) is 0.469. The summed E-state index contributed by atoms with van der Waals surface area (Å²) in [7, 11) is 2.93. The molecule has 0 spiro atoms. The van der Waals surface area contributed by atoms with E-state index in [9.17, 15) is 23.1 Å². The van der Waals surface area contributed by atoms with Crippen molar-refractivity contribution in [2.75, 3.05) is 50.2 Å². The van der Waals surface area contributed by atoms with Crippen molar-refractivity contribution < 1.29 is 32.5 Å². The molecule has 1 N–H and O–H groups in total. The minimum atomic E-state index is -4.60. The number of carboxylic acids is 1. The van der Waals surface area contributed by atoms with Crippen LogP contribution in [0.3, 0.4) is 0 Å². The molecule has 45 heavy (non-hydrogen) atoms. The number of aryl methyl sites for hydroxylation is 1. The summed E-state index contributed by atoms with van der Waals surface area (Å²) in [5, 5.41) is 9.86. The number of aliphatic imine (C=N–C) groups is 1. The van der Waals surface area contributed by atoms with Gasteiger partial charge in [-0.3, -0.25) is 9.69 Å². The first-order valence-corrected chi connectivity index (χ1v) is 15.8. The summed E-state index contributed by atoms with van der Waals surface area (Å²) < 4.78 is 52.2. The van der Waals surface area contributed by atoms with Crippen molar-refractivity contribution in [3.63, 3.8) is 0 Å². The van der Waals surface area contributed by atoms with Crippen LogP contribution in [-0.4, -0.2) is 67.3 Å². The Morgan fingerprint density at radius 3 is 2.24 bits per heavy atom. The number of carboxylic acid groups (broad SMARTS) is 1. The highest BCUT2D eigenvalue weighted by molar-refractivity contribution is 7.12. The summed E-state index contributed by atoms with van der Waals surface area (Å²) in [6.45, 7) is 12.3. The second-order valence-electron chi connectivity index (χ2n) is 10.1. The second-order valence-corrected chi connectivity index (χ2v) is 11.4. The third kappa shape index (κ3) is 8.38. The summed E-state index contributed by atoms with van der Waals surface area (Å²) in [5.41, 5.74) is 0.821. The SMILES string of the molecule is CC.CCC.COc1cc(N2CCN(C3=Nc4cc(C)sc4C(CC(=O)O)N3c3cc(C(F)(F)F)ccc3OC)CC2)ccn1. The number of piperazine rings is 1. The van der Waals surface area contributed by atoms with E-state index in [1.165, 1.54) is 30.9 Å². The summed E-state index contributed by atoms with van der Waals surface area (Å²) in [6.07, 6.45) is -2.01. The fourth-order valence-corrected chi connectivity index (χ4v) is 6.09. The summed E-state index contributed by atoms with van der Waals surface area (Å²) in [4.78, 5) is 28.5. The minimum Gasteiger partial charge on any atom is -0.495 e. The molecule has 3 aromatic rings. The molecule has 4 heterocycles. The normalized spacial score (nSPS) is 16.0. The van der Waals surface area contributed by atoms with Gasteiger partial charge in [0.05, 0.1) is 48.5 Å². The Morgan fingerprint density at radius 2 is 1.67 bits per heavy atom. The molecule has 1 unspecified atom stereocenters. The molecule has 246 valence electrons. The van der Waals surface area contributed by atoms with Gasteiger partial charge >= 0.3 is 12.1 Å². The van der Waals surface area contributed by atoms with Gasteiger partial charge in [0.15, 0.2) is 0 Å². The number of benzene rings is 1. The number of carbonyl (C=O) groups is 1. The van der Waals surface area contributed by atoms with Gasteiger partial charge in [-0.25, -0.2) is 9.98 Å². The van der Waals surface area contributed by atoms with Crippen LogP contribution in [0.4, 0.5) is 30.2 Å². The number of anilines is 2. The number of hydrogen-bond acceptors (Lipinski definition) is 9. The first-order chi connectivity index (χ1) is 21.5. The highest BCUT2D eigenvalue weighted by atomic mass is 32.1. The van der Waals surface area contributed by atoms with Crippen LogP contribution in [0, 0.1) is 6.92 Å². The van der Waals surface area contributed by atoms with E-state index in [1.807, 2.05) is 43.9 Å². The zero-order chi connectivity index (χ0) is 33.3. The Morgan fingerprint density at radius 1 is 1.02 bits per heavy atom. The molecule has 2 aromatic heterocycles. The smallest absolute Gasteiger partial charge is 0.416 e. The molecule has 0 bridgehead atoms. The Balaban J connectivity index is 0.00000104. The third-order valence-corrected chi connectivity index (χ3v) is 8.04. The van der Waals surface area contributed by atoms with Crippen LogP contribution in [0.2, 0.25) is 0 Å². The number of ether oxygens (including phenoxy) is 2. The zero-order valence-corrected chi connectivity index (χ0v) is 27.6. The minimum absolute atomic E-state index is 0.111. The van der Waals surface area contributed by atoms with Gasteiger partial charge in [-0.05, 0) is 37.3 Å². The Kier molecular flexibility index (Phi) is 12.5. The predicted molar refractivity (Wildman–Crippen MR) is 174 cm³/mol. The maximum absolute atomic E-state index is 13.8. The maximum Gasteiger partial charge on any atom is 0.416 e. The van der Waals surface area contributed by atoms with E-state index in [2.05, 4.69) is 23.7 Å². The lowest BCUT2D eigenvalue weighted by atomic mass is 10.0. The molecule has 0 aliphatic carbocycles. The number of nitrogens with zero attached hydrogens (tertiary/aromatic N) is 5. The van der Waals surface area contributed by atoms with Crippen LogP contribution in [0.5, 0.6) is 11.6 Å². The molecule has 0 amide bonds. The molecule has 1 atom stereocenters. The molecule has 0 saturated carbocycles. The van der Waals surface area contributed by atoms with Crippen LogP contribution in [0.15, 0.2) is 47.6 Å². The fourth-order valence-electron chi connectivity index (χ4n) is 5.04. The lowest BCUT2D eigenvalue weighted by Crippen LogP contribution is -2.55. The quantitative estimate of drug-likeness (QED) is 0.290. The summed E-state index contributed by atoms with van der Waals surface area (Å²) >= 11 is 1.39. The number of halogens is 3. The summed E-state index contributed by atoms with van der Waals surface area (Å²) in [5.74, 6) is 0.00314. The van der Waals surface area contributed by atoms with Crippen LogP contribution < -0.4 is 19.3 Å². The van der Waals surface area contributed by atoms with Crippen molar-refractivity contribution in [3.05, 3.63) is 57.9 Å². The van der Waals surface area contributed by atoms with Gasteiger partial charge in [-0.2, -0.15) is 13.2 Å². The van der Waals surface area contributed by atoms with E-state index in [4.69, 9.17) is 14.5 Å². The molecule has 2 aliphatic heterocycles. The van der Waals surface area contributed by atoms with Crippen molar-refractivity contribution in [1.82, 2.24) is 9.88 Å². The predicted octanol–water partition coefficient (Wildman–Crippen LogP) is 7.78. The Labute approximate surface area is 266 Å². The number of thiophene rings is 1. The lowest BCUT2D eigenvalue weighted by molar-refractivity contribution is -0.138. The van der Waals surface area contributed by atoms with Gasteiger partial charge in [-0.15, -0.1) is 11.3 Å². The van der Waals surface area contributed by atoms with Crippen molar-refractivity contribution in [2.24, 2.45) is 4.99 Å². The van der Waals surface area contributed by atoms with Gasteiger partial charge < -0.3 is 24.4 Å². The van der Waals surface area contributed by atoms with Gasteiger partial charge in [0.1, 0.15) is 5.75 Å². The topological polar surface area (TPSA) is 90.7 Å². The molecule has 2 aliphatic rings. The first-order valence-electron chi connectivity index (χ1n) is 15.0. The molecule has 0 radical (unpaired) electrons. The van der Waals surface area contributed by atoms with Gasteiger partial charge in [0.2, 0.25) is 11.8 Å². The van der Waals surface area contributed by atoms with E-state index in [0.717, 1.165) is 22.7 Å². The number of aliphatic carboxylic acids is 1. The molecule has 5 rings (SSSR count). The zero-order valence-electron chi connectivity index (χ0n) is 26.8. The van der Waals surface area contributed by atoms with E-state index in [0.29, 0.717) is 48.6 Å². The van der Waals surface area contributed by atoms with Gasteiger partial charge in [0.25, 0.3) is 0 Å². The second kappa shape index (κ2) is 15.8. The monoisotopic (exact) mass is 649 g/mol. The number of alkyl halides is 3. The maximum atomic E-state index is 13.8. The van der Waals surface area contributed by atoms with Crippen LogP contribution >= 0.6 is 11.3 Å². The van der Waals surface area contributed by atoms with Crippen molar-refractivity contribution in [2.45, 2.75) is 59.7 Å². The van der Waals surface area contributed by atoms with Gasteiger partial charge in [-0.1, -0.05) is 34.1 Å². The molecule has 9 nitrogen and oxygen atoms in total. The summed E-state index contributed by atoms with van der Waals surface area (Å²) in [6, 6.07) is 8.06. The lowest BCUT2D eigenvalue weighted by Gasteiger charge is -2.44. The molecule has 13 heteroatoms. The number of guanidine groups is 1. The number of fused-ring (bicyclic) bond motifs is 1. The van der Waals surface area contributed by atoms with Crippen LogP contribution in [-0.2, 0) is 11.0 Å². The number of hydrogen-bond donors (Lipinski definition) is 1. The highest BCUT2D eigenvalue weighted by Gasteiger charge is 2.40. The van der Waals surface area contributed by atoms with E-state index in [-0.39, 0.29) is 17.9 Å². The number of rotatable bonds is 6. The van der Waals surface area contributed by atoms with Crippen LogP contribution in [0.1, 0.15) is 61.9 Å². The number of pyridine rings is 1. The van der Waals surface area contributed by atoms with Crippen molar-refractivity contribution in [3.8, 4) is 11.6 Å². The van der Waals surface area contributed by atoms with Crippen molar-refractivity contribution >= 4 is 40.3 Å². The van der Waals surface area contributed by atoms with E-state index >= 15 is 0 Å². The molecule has 1 aromatic carbocycles. The molecular weight excluding hydrogens is 607 g/mol. The molecule has 1 fully saturated rings. The highest BCUT2D eigenvalue weighted by Crippen LogP contribution is 2.48. The standard InChI is InChI=1S/C27H28F3N5O4S.C3H8.C2H6/c1-16-12-19-25(40-16)21(15-24(36)37)35(20-13-17(27(28,29)30)4-5-22(20)38-2)26(32-19)34-10-8-33(9-11-34)18-6-7-31-23(14-18)39-3;1-3-2;1-2/h4-7,12-14,21H,8-11,15H2,1-3H3,(H,36,37);3H2,1-2H3;1-2H3. The third-order valence-electron chi connectivity index (χ3n) is 6.90. The average molecular weight is 650 g/mol. The van der Waals surface area contributed by atoms with E-state index in [1.54, 1.807) is 18.2 Å². The van der Waals surface area contributed by atoms with E-state index < -0.39 is 23.8 Å². The number of methoxy groups -OCH3 is 2. The molecule has 1 saturated heterocycles.